The third kappa shape index (κ3) is 4.96. The molecular formula is C27H32N2O. The maximum atomic E-state index is 11.5. The van der Waals surface area contributed by atoms with Crippen molar-refractivity contribution < 1.29 is 4.79 Å². The summed E-state index contributed by atoms with van der Waals surface area (Å²) in [6.45, 7) is 11.0. The Hall–Kier alpha value is -2.94. The highest BCUT2D eigenvalue weighted by Gasteiger charge is 2.17. The van der Waals surface area contributed by atoms with Gasteiger partial charge in [-0.15, -0.1) is 0 Å². The van der Waals surface area contributed by atoms with E-state index >= 15 is 0 Å². The molecule has 0 aliphatic rings. The number of primary amides is 1. The minimum Gasteiger partial charge on any atom is -0.366 e. The van der Waals surface area contributed by atoms with Gasteiger partial charge >= 0.3 is 0 Å². The standard InChI is InChI=1S/C27H32N2O/c1-6-21-16-19(9-12-24(21)27(3,4)5)7-8-20-13-14-29-25(17-20)22-10-11-23(26(28)30)18(2)15-22/h9-17H,6-8H2,1-5H3,(H2,28,30). The molecule has 1 aromatic heterocycles. The lowest BCUT2D eigenvalue weighted by Gasteiger charge is -2.23. The number of nitrogens with two attached hydrogens (primary N) is 1. The van der Waals surface area contributed by atoms with Gasteiger partial charge in [-0.25, -0.2) is 0 Å². The average Bonchev–Trinajstić information content (AvgIpc) is 2.71. The molecule has 3 rings (SSSR count). The van der Waals surface area contributed by atoms with E-state index in [-0.39, 0.29) is 5.41 Å². The van der Waals surface area contributed by atoms with E-state index in [1.54, 1.807) is 6.07 Å². The summed E-state index contributed by atoms with van der Waals surface area (Å²) >= 11 is 0. The van der Waals surface area contributed by atoms with Crippen molar-refractivity contribution in [2.24, 2.45) is 5.73 Å². The molecule has 0 radical (unpaired) electrons. The Morgan fingerprint density at radius 1 is 0.967 bits per heavy atom. The van der Waals surface area contributed by atoms with Crippen molar-refractivity contribution in [2.45, 2.75) is 59.3 Å². The minimum absolute atomic E-state index is 0.173. The molecule has 1 amide bonds. The normalized spacial score (nSPS) is 11.5. The van der Waals surface area contributed by atoms with E-state index in [0.717, 1.165) is 36.1 Å². The lowest BCUT2D eigenvalue weighted by Crippen LogP contribution is -2.14. The molecule has 2 N–H and O–H groups in total. The largest absolute Gasteiger partial charge is 0.366 e. The van der Waals surface area contributed by atoms with E-state index in [0.29, 0.717) is 5.56 Å². The van der Waals surface area contributed by atoms with Gasteiger partial charge in [0.1, 0.15) is 0 Å². The highest BCUT2D eigenvalue weighted by molar-refractivity contribution is 5.94. The first-order chi connectivity index (χ1) is 14.2. The summed E-state index contributed by atoms with van der Waals surface area (Å²) in [4.78, 5) is 16.0. The molecule has 0 saturated heterocycles. The smallest absolute Gasteiger partial charge is 0.248 e. The number of aromatic nitrogens is 1. The first kappa shape index (κ1) is 21.8. The van der Waals surface area contributed by atoms with Crippen molar-refractivity contribution in [1.82, 2.24) is 4.98 Å². The molecule has 1 heterocycles. The Balaban J connectivity index is 1.78. The zero-order valence-corrected chi connectivity index (χ0v) is 18.8. The van der Waals surface area contributed by atoms with Crippen LogP contribution in [0.1, 0.15) is 65.9 Å². The number of pyridine rings is 1. The van der Waals surface area contributed by atoms with E-state index < -0.39 is 5.91 Å². The molecule has 0 spiro atoms. The number of hydrogen-bond donors (Lipinski definition) is 1. The second-order valence-electron chi connectivity index (χ2n) is 9.04. The van der Waals surface area contributed by atoms with Crippen molar-refractivity contribution in [3.8, 4) is 11.3 Å². The Morgan fingerprint density at radius 2 is 1.67 bits per heavy atom. The van der Waals surface area contributed by atoms with Crippen molar-refractivity contribution in [1.29, 1.82) is 0 Å². The molecule has 0 bridgehead atoms. The molecule has 0 fully saturated rings. The van der Waals surface area contributed by atoms with E-state index in [9.17, 15) is 4.79 Å². The lowest BCUT2D eigenvalue weighted by molar-refractivity contribution is 0.0999. The van der Waals surface area contributed by atoms with Crippen LogP contribution in [0.4, 0.5) is 0 Å². The maximum Gasteiger partial charge on any atom is 0.248 e. The quantitative estimate of drug-likeness (QED) is 0.568. The molecule has 0 aliphatic carbocycles. The van der Waals surface area contributed by atoms with Gasteiger partial charge in [0.25, 0.3) is 0 Å². The van der Waals surface area contributed by atoms with E-state index in [2.05, 4.69) is 63.0 Å². The number of amides is 1. The van der Waals surface area contributed by atoms with Crippen LogP contribution < -0.4 is 5.73 Å². The zero-order chi connectivity index (χ0) is 21.9. The maximum absolute atomic E-state index is 11.5. The fourth-order valence-electron chi connectivity index (χ4n) is 4.00. The van der Waals surface area contributed by atoms with Gasteiger partial charge in [-0.1, -0.05) is 52.0 Å². The van der Waals surface area contributed by atoms with Crippen LogP contribution in [0.3, 0.4) is 0 Å². The fourth-order valence-corrected chi connectivity index (χ4v) is 4.00. The molecule has 0 atom stereocenters. The van der Waals surface area contributed by atoms with Gasteiger partial charge in [0.15, 0.2) is 0 Å². The van der Waals surface area contributed by atoms with Crippen LogP contribution in [0.25, 0.3) is 11.3 Å². The van der Waals surface area contributed by atoms with Crippen LogP contribution in [0, 0.1) is 6.92 Å². The van der Waals surface area contributed by atoms with Gasteiger partial charge < -0.3 is 5.73 Å². The molecule has 3 nitrogen and oxygen atoms in total. The third-order valence-corrected chi connectivity index (χ3v) is 5.67. The van der Waals surface area contributed by atoms with E-state index in [1.165, 1.54) is 22.3 Å². The monoisotopic (exact) mass is 400 g/mol. The predicted molar refractivity (Wildman–Crippen MR) is 125 cm³/mol. The number of aryl methyl sites for hydroxylation is 4. The molecule has 2 aromatic carbocycles. The van der Waals surface area contributed by atoms with Crippen LogP contribution in [-0.2, 0) is 24.7 Å². The molecule has 3 aromatic rings. The molecule has 0 unspecified atom stereocenters. The Labute approximate surface area is 180 Å². The SMILES string of the molecule is CCc1cc(CCc2ccnc(-c3ccc(C(N)=O)c(C)c3)c2)ccc1C(C)(C)C. The summed E-state index contributed by atoms with van der Waals surface area (Å²) < 4.78 is 0. The summed E-state index contributed by atoms with van der Waals surface area (Å²) in [6.07, 6.45) is 4.88. The van der Waals surface area contributed by atoms with Gasteiger partial charge in [-0.3, -0.25) is 9.78 Å². The Morgan fingerprint density at radius 3 is 2.27 bits per heavy atom. The summed E-state index contributed by atoms with van der Waals surface area (Å²) in [5.41, 5.74) is 14.5. The topological polar surface area (TPSA) is 56.0 Å². The second kappa shape index (κ2) is 8.83. The number of carbonyl (C=O) groups excluding carboxylic acids is 1. The molecule has 0 saturated carbocycles. The lowest BCUT2D eigenvalue weighted by atomic mass is 9.82. The van der Waals surface area contributed by atoms with Crippen LogP contribution in [0.15, 0.2) is 54.7 Å². The fraction of sp³-hybridized carbons (Fsp3) is 0.333. The Kier molecular flexibility index (Phi) is 6.40. The summed E-state index contributed by atoms with van der Waals surface area (Å²) in [7, 11) is 0. The predicted octanol–water partition coefficient (Wildman–Crippen LogP) is 5.80. The zero-order valence-electron chi connectivity index (χ0n) is 18.8. The summed E-state index contributed by atoms with van der Waals surface area (Å²) in [5.74, 6) is -0.398. The van der Waals surface area contributed by atoms with Crippen molar-refractivity contribution in [3.05, 3.63) is 88.1 Å². The summed E-state index contributed by atoms with van der Waals surface area (Å²) in [6, 6.07) is 16.8. The van der Waals surface area contributed by atoms with Crippen molar-refractivity contribution in [3.63, 3.8) is 0 Å². The number of rotatable bonds is 6. The highest BCUT2D eigenvalue weighted by Crippen LogP contribution is 2.28. The Bertz CT molecular complexity index is 1060. The molecular weight excluding hydrogens is 368 g/mol. The highest BCUT2D eigenvalue weighted by atomic mass is 16.1. The average molecular weight is 401 g/mol. The first-order valence-electron chi connectivity index (χ1n) is 10.7. The van der Waals surface area contributed by atoms with E-state index in [1.807, 2.05) is 25.3 Å². The number of carbonyl (C=O) groups is 1. The molecule has 3 heteroatoms. The van der Waals surface area contributed by atoms with Crippen LogP contribution >= 0.6 is 0 Å². The van der Waals surface area contributed by atoms with Crippen molar-refractivity contribution >= 4 is 5.91 Å². The molecule has 30 heavy (non-hydrogen) atoms. The molecule has 0 aliphatic heterocycles. The summed E-state index contributed by atoms with van der Waals surface area (Å²) in [5, 5.41) is 0. The van der Waals surface area contributed by atoms with Crippen molar-refractivity contribution in [2.75, 3.05) is 0 Å². The molecule has 156 valence electrons. The van der Waals surface area contributed by atoms with Crippen LogP contribution in [0.5, 0.6) is 0 Å². The number of nitrogens with zero attached hydrogens (tertiary/aromatic N) is 1. The number of hydrogen-bond acceptors (Lipinski definition) is 2. The second-order valence-corrected chi connectivity index (χ2v) is 9.04. The number of benzene rings is 2. The van der Waals surface area contributed by atoms with E-state index in [4.69, 9.17) is 5.73 Å². The van der Waals surface area contributed by atoms with Gasteiger partial charge in [-0.05, 0) is 83.7 Å². The van der Waals surface area contributed by atoms with Gasteiger partial charge in [0.05, 0.1) is 5.69 Å². The first-order valence-corrected chi connectivity index (χ1v) is 10.7. The third-order valence-electron chi connectivity index (χ3n) is 5.67. The van der Waals surface area contributed by atoms with Gasteiger partial charge in [0.2, 0.25) is 5.91 Å². The van der Waals surface area contributed by atoms with Gasteiger partial charge in [0, 0.05) is 17.3 Å². The van der Waals surface area contributed by atoms with Gasteiger partial charge in [-0.2, -0.15) is 0 Å². The van der Waals surface area contributed by atoms with Crippen LogP contribution in [0.2, 0.25) is 0 Å². The minimum atomic E-state index is -0.398. The van der Waals surface area contributed by atoms with Crippen LogP contribution in [-0.4, -0.2) is 10.9 Å².